The van der Waals surface area contributed by atoms with Crippen LogP contribution in [-0.4, -0.2) is 17.5 Å². The third kappa shape index (κ3) is 3.95. The Labute approximate surface area is 129 Å². The number of carbonyl (C=O) groups excluding carboxylic acids is 1. The second-order valence-electron chi connectivity index (χ2n) is 4.56. The Balaban J connectivity index is 2.07. The minimum atomic E-state index is -0.137. The molecule has 0 aliphatic heterocycles. The van der Waals surface area contributed by atoms with Gasteiger partial charge < -0.3 is 10.1 Å². The molecule has 2 rings (SSSR count). The molecule has 0 fully saturated rings. The van der Waals surface area contributed by atoms with E-state index in [0.29, 0.717) is 29.5 Å². The average molecular weight is 305 g/mol. The van der Waals surface area contributed by atoms with Crippen LogP contribution in [0.25, 0.3) is 0 Å². The maximum Gasteiger partial charge on any atom is 0.251 e. The lowest BCUT2D eigenvalue weighted by molar-refractivity contribution is 0.0951. The molecule has 5 heteroatoms. The molecule has 110 valence electrons. The zero-order valence-corrected chi connectivity index (χ0v) is 12.8. The monoisotopic (exact) mass is 304 g/mol. The van der Waals surface area contributed by atoms with Crippen LogP contribution in [-0.2, 0) is 6.54 Å². The standard InChI is InChI=1S/C16H17ClN2O2/c1-3-21-15-8-11(2)13(9-14(15)17)10-19-16(20)12-4-6-18-7-5-12/h4-9H,3,10H2,1-2H3,(H,19,20). The van der Waals surface area contributed by atoms with Crippen molar-refractivity contribution in [2.24, 2.45) is 0 Å². The highest BCUT2D eigenvalue weighted by Crippen LogP contribution is 2.28. The van der Waals surface area contributed by atoms with Crippen LogP contribution < -0.4 is 10.1 Å². The lowest BCUT2D eigenvalue weighted by atomic mass is 10.1. The molecule has 0 aliphatic rings. The number of ether oxygens (including phenoxy) is 1. The van der Waals surface area contributed by atoms with Gasteiger partial charge in [0.1, 0.15) is 5.75 Å². The molecule has 1 aromatic heterocycles. The number of pyridine rings is 1. The quantitative estimate of drug-likeness (QED) is 0.921. The molecule has 0 atom stereocenters. The van der Waals surface area contributed by atoms with Gasteiger partial charge in [0.2, 0.25) is 0 Å². The third-order valence-corrected chi connectivity index (χ3v) is 3.37. The fraction of sp³-hybridized carbons (Fsp3) is 0.250. The van der Waals surface area contributed by atoms with Gasteiger partial charge in [-0.1, -0.05) is 11.6 Å². The molecule has 4 nitrogen and oxygen atoms in total. The number of aryl methyl sites for hydroxylation is 1. The van der Waals surface area contributed by atoms with Gasteiger partial charge in [-0.05, 0) is 49.2 Å². The van der Waals surface area contributed by atoms with E-state index >= 15 is 0 Å². The van der Waals surface area contributed by atoms with Gasteiger partial charge in [0.05, 0.1) is 11.6 Å². The summed E-state index contributed by atoms with van der Waals surface area (Å²) in [5, 5.41) is 3.42. The Morgan fingerprint density at radius 1 is 1.33 bits per heavy atom. The normalized spacial score (nSPS) is 10.2. The molecule has 1 amide bonds. The molecule has 2 aromatic rings. The Kier molecular flexibility index (Phi) is 5.17. The van der Waals surface area contributed by atoms with Crippen LogP contribution in [0.4, 0.5) is 0 Å². The topological polar surface area (TPSA) is 51.2 Å². The zero-order valence-electron chi connectivity index (χ0n) is 12.0. The number of halogens is 1. The summed E-state index contributed by atoms with van der Waals surface area (Å²) in [6, 6.07) is 7.06. The maximum absolute atomic E-state index is 12.0. The highest BCUT2D eigenvalue weighted by atomic mass is 35.5. The van der Waals surface area contributed by atoms with E-state index in [-0.39, 0.29) is 5.91 Å². The molecule has 1 aromatic carbocycles. The molecular weight excluding hydrogens is 288 g/mol. The minimum Gasteiger partial charge on any atom is -0.492 e. The number of nitrogens with zero attached hydrogens (tertiary/aromatic N) is 1. The SMILES string of the molecule is CCOc1cc(C)c(CNC(=O)c2ccncc2)cc1Cl. The number of benzene rings is 1. The largest absolute Gasteiger partial charge is 0.492 e. The predicted octanol–water partition coefficient (Wildman–Crippen LogP) is 3.37. The van der Waals surface area contributed by atoms with Crippen LogP contribution in [0.1, 0.15) is 28.4 Å². The minimum absolute atomic E-state index is 0.137. The van der Waals surface area contributed by atoms with Crippen molar-refractivity contribution in [3.63, 3.8) is 0 Å². The first-order valence-electron chi connectivity index (χ1n) is 6.72. The molecule has 0 saturated carbocycles. The smallest absolute Gasteiger partial charge is 0.251 e. The summed E-state index contributed by atoms with van der Waals surface area (Å²) in [5.41, 5.74) is 2.57. The highest BCUT2D eigenvalue weighted by molar-refractivity contribution is 6.32. The molecule has 0 aliphatic carbocycles. The summed E-state index contributed by atoms with van der Waals surface area (Å²) in [5.74, 6) is 0.530. The second kappa shape index (κ2) is 7.09. The first-order chi connectivity index (χ1) is 10.1. The van der Waals surface area contributed by atoms with E-state index in [1.54, 1.807) is 24.5 Å². The van der Waals surface area contributed by atoms with Gasteiger partial charge >= 0.3 is 0 Å². The van der Waals surface area contributed by atoms with Crippen LogP contribution in [0.3, 0.4) is 0 Å². The Morgan fingerprint density at radius 2 is 2.05 bits per heavy atom. The van der Waals surface area contributed by atoms with E-state index in [9.17, 15) is 4.79 Å². The molecule has 21 heavy (non-hydrogen) atoms. The fourth-order valence-corrected chi connectivity index (χ4v) is 2.17. The number of rotatable bonds is 5. The van der Waals surface area contributed by atoms with E-state index in [1.165, 1.54) is 0 Å². The van der Waals surface area contributed by atoms with Crippen LogP contribution in [0.5, 0.6) is 5.75 Å². The number of carbonyl (C=O) groups is 1. The summed E-state index contributed by atoms with van der Waals surface area (Å²) in [7, 11) is 0. The van der Waals surface area contributed by atoms with Crippen molar-refractivity contribution in [1.82, 2.24) is 10.3 Å². The van der Waals surface area contributed by atoms with Gasteiger partial charge in [0.15, 0.2) is 0 Å². The van der Waals surface area contributed by atoms with E-state index in [1.807, 2.05) is 26.0 Å². The van der Waals surface area contributed by atoms with Crippen molar-refractivity contribution in [1.29, 1.82) is 0 Å². The van der Waals surface area contributed by atoms with Gasteiger partial charge in [-0.15, -0.1) is 0 Å². The number of nitrogens with one attached hydrogen (secondary N) is 1. The predicted molar refractivity (Wildman–Crippen MR) is 82.8 cm³/mol. The Bertz CT molecular complexity index is 630. The molecule has 0 unspecified atom stereocenters. The molecule has 0 radical (unpaired) electrons. The summed E-state index contributed by atoms with van der Waals surface area (Å²) in [6.07, 6.45) is 3.18. The number of hydrogen-bond donors (Lipinski definition) is 1. The summed E-state index contributed by atoms with van der Waals surface area (Å²) in [6.45, 7) is 4.86. The van der Waals surface area contributed by atoms with Crippen molar-refractivity contribution < 1.29 is 9.53 Å². The van der Waals surface area contributed by atoms with Crippen molar-refractivity contribution in [2.75, 3.05) is 6.61 Å². The van der Waals surface area contributed by atoms with E-state index < -0.39 is 0 Å². The van der Waals surface area contributed by atoms with E-state index in [4.69, 9.17) is 16.3 Å². The molecular formula is C16H17ClN2O2. The first kappa shape index (κ1) is 15.3. The third-order valence-electron chi connectivity index (χ3n) is 3.07. The molecule has 1 N–H and O–H groups in total. The molecule has 0 spiro atoms. The van der Waals surface area contributed by atoms with Gasteiger partial charge in [-0.25, -0.2) is 0 Å². The van der Waals surface area contributed by atoms with Crippen LogP contribution in [0.15, 0.2) is 36.7 Å². The van der Waals surface area contributed by atoms with Crippen molar-refractivity contribution in [3.05, 3.63) is 58.4 Å². The van der Waals surface area contributed by atoms with Gasteiger partial charge in [-0.2, -0.15) is 0 Å². The van der Waals surface area contributed by atoms with Crippen molar-refractivity contribution in [2.45, 2.75) is 20.4 Å². The van der Waals surface area contributed by atoms with E-state index in [2.05, 4.69) is 10.3 Å². The van der Waals surface area contributed by atoms with Gasteiger partial charge in [0, 0.05) is 24.5 Å². The average Bonchev–Trinajstić information content (AvgIpc) is 2.50. The van der Waals surface area contributed by atoms with Crippen molar-refractivity contribution in [3.8, 4) is 5.75 Å². The Hall–Kier alpha value is -2.07. The first-order valence-corrected chi connectivity index (χ1v) is 7.09. The van der Waals surface area contributed by atoms with Gasteiger partial charge in [0.25, 0.3) is 5.91 Å². The van der Waals surface area contributed by atoms with Crippen molar-refractivity contribution >= 4 is 17.5 Å². The van der Waals surface area contributed by atoms with E-state index in [0.717, 1.165) is 11.1 Å². The summed E-state index contributed by atoms with van der Waals surface area (Å²) in [4.78, 5) is 15.9. The van der Waals surface area contributed by atoms with Crippen LogP contribution in [0, 0.1) is 6.92 Å². The zero-order chi connectivity index (χ0) is 15.2. The molecule has 0 bridgehead atoms. The lowest BCUT2D eigenvalue weighted by Crippen LogP contribution is -2.23. The number of aromatic nitrogens is 1. The summed E-state index contributed by atoms with van der Waals surface area (Å²) >= 11 is 6.17. The molecule has 1 heterocycles. The second-order valence-corrected chi connectivity index (χ2v) is 4.97. The Morgan fingerprint density at radius 3 is 2.71 bits per heavy atom. The van der Waals surface area contributed by atoms with Crippen LogP contribution in [0.2, 0.25) is 5.02 Å². The molecule has 0 saturated heterocycles. The summed E-state index contributed by atoms with van der Waals surface area (Å²) < 4.78 is 5.44. The highest BCUT2D eigenvalue weighted by Gasteiger charge is 2.09. The number of amides is 1. The lowest BCUT2D eigenvalue weighted by Gasteiger charge is -2.12. The maximum atomic E-state index is 12.0. The fourth-order valence-electron chi connectivity index (χ4n) is 1.93. The van der Waals surface area contributed by atoms with Crippen LogP contribution >= 0.6 is 11.6 Å². The van der Waals surface area contributed by atoms with Gasteiger partial charge in [-0.3, -0.25) is 9.78 Å². The number of hydrogen-bond acceptors (Lipinski definition) is 3.